The molecule has 2 rings (SSSR count). The summed E-state index contributed by atoms with van der Waals surface area (Å²) < 4.78 is 18.4. The van der Waals surface area contributed by atoms with Crippen LogP contribution in [-0.4, -0.2) is 11.0 Å². The first-order valence-corrected chi connectivity index (χ1v) is 6.43. The highest BCUT2D eigenvalue weighted by Crippen LogP contribution is 2.27. The fourth-order valence-electron chi connectivity index (χ4n) is 1.69. The van der Waals surface area contributed by atoms with Crippen molar-refractivity contribution in [3.63, 3.8) is 0 Å². The van der Waals surface area contributed by atoms with Gasteiger partial charge in [-0.1, -0.05) is 17.7 Å². The van der Waals surface area contributed by atoms with E-state index in [9.17, 15) is 9.18 Å². The van der Waals surface area contributed by atoms with Crippen molar-refractivity contribution in [2.24, 2.45) is 0 Å². The largest absolute Gasteiger partial charge is 0.424 e. The van der Waals surface area contributed by atoms with Gasteiger partial charge in [-0.05, 0) is 43.2 Å². The summed E-state index contributed by atoms with van der Waals surface area (Å²) in [6.07, 6.45) is 2.52. The molecular weight excluding hydrogens is 281 g/mol. The minimum atomic E-state index is -0.630. The second-order valence-corrected chi connectivity index (χ2v) is 4.92. The summed E-state index contributed by atoms with van der Waals surface area (Å²) in [6.45, 7) is 3.50. The molecule has 0 aliphatic rings. The number of benzene rings is 1. The van der Waals surface area contributed by atoms with Gasteiger partial charge in [0.25, 0.3) is 0 Å². The molecule has 0 saturated carbocycles. The van der Waals surface area contributed by atoms with E-state index >= 15 is 0 Å². The van der Waals surface area contributed by atoms with Crippen molar-refractivity contribution in [2.75, 3.05) is 0 Å². The lowest BCUT2D eigenvalue weighted by Crippen LogP contribution is -2.16. The number of carbonyl (C=O) groups excluding carboxylic acids is 1. The lowest BCUT2D eigenvalue weighted by molar-refractivity contribution is -0.135. The average Bonchev–Trinajstić information content (AvgIpc) is 2.42. The molecule has 1 aromatic heterocycles. The molecule has 1 unspecified atom stereocenters. The van der Waals surface area contributed by atoms with Crippen LogP contribution < -0.4 is 4.74 Å². The van der Waals surface area contributed by atoms with E-state index in [2.05, 4.69) is 4.98 Å². The molecule has 0 amide bonds. The van der Waals surface area contributed by atoms with Gasteiger partial charge in [0, 0.05) is 6.20 Å². The van der Waals surface area contributed by atoms with Gasteiger partial charge < -0.3 is 4.74 Å². The Kier molecular flexibility index (Phi) is 4.35. The van der Waals surface area contributed by atoms with Gasteiger partial charge in [0.15, 0.2) is 0 Å². The van der Waals surface area contributed by atoms with Crippen molar-refractivity contribution >= 4 is 17.6 Å². The summed E-state index contributed by atoms with van der Waals surface area (Å²) in [5.74, 6) is -1.33. The molecule has 0 N–H and O–H groups in total. The predicted octanol–water partition coefficient (Wildman–Crippen LogP) is 3.89. The second-order valence-electron chi connectivity index (χ2n) is 4.51. The fraction of sp³-hybridized carbons (Fsp3) is 0.200. The molecule has 0 fully saturated rings. The van der Waals surface area contributed by atoms with Gasteiger partial charge in [-0.25, -0.2) is 4.39 Å². The highest BCUT2D eigenvalue weighted by atomic mass is 35.5. The quantitative estimate of drug-likeness (QED) is 0.636. The van der Waals surface area contributed by atoms with E-state index in [1.165, 1.54) is 12.3 Å². The summed E-state index contributed by atoms with van der Waals surface area (Å²) in [5.41, 5.74) is 1.39. The zero-order chi connectivity index (χ0) is 14.7. The minimum absolute atomic E-state index is 0.299. The molecule has 0 aliphatic heterocycles. The SMILES string of the molecule is Cc1ccc(Cl)c(OC(=O)C(C)c2cncc(F)c2)c1. The Bertz CT molecular complexity index is 646. The van der Waals surface area contributed by atoms with Gasteiger partial charge >= 0.3 is 5.97 Å². The summed E-state index contributed by atoms with van der Waals surface area (Å²) in [4.78, 5) is 15.8. The normalized spacial score (nSPS) is 12.0. The number of rotatable bonds is 3. The molecule has 20 heavy (non-hydrogen) atoms. The van der Waals surface area contributed by atoms with Crippen LogP contribution in [0.3, 0.4) is 0 Å². The van der Waals surface area contributed by atoms with Gasteiger partial charge in [-0.2, -0.15) is 0 Å². The minimum Gasteiger partial charge on any atom is -0.424 e. The van der Waals surface area contributed by atoms with Crippen LogP contribution in [-0.2, 0) is 4.79 Å². The molecule has 0 bridgehead atoms. The zero-order valence-corrected chi connectivity index (χ0v) is 11.8. The van der Waals surface area contributed by atoms with E-state index in [4.69, 9.17) is 16.3 Å². The van der Waals surface area contributed by atoms with E-state index in [1.54, 1.807) is 19.1 Å². The molecular formula is C15H13ClFNO2. The second kappa shape index (κ2) is 6.01. The van der Waals surface area contributed by atoms with Gasteiger partial charge in [-0.3, -0.25) is 9.78 Å². The standard InChI is InChI=1S/C15H13ClFNO2/c1-9-3-4-13(16)14(5-9)20-15(19)10(2)11-6-12(17)8-18-7-11/h3-8,10H,1-2H3. The summed E-state index contributed by atoms with van der Waals surface area (Å²) in [5, 5.41) is 0.355. The van der Waals surface area contributed by atoms with Crippen molar-refractivity contribution < 1.29 is 13.9 Å². The molecule has 3 nitrogen and oxygen atoms in total. The number of hydrogen-bond donors (Lipinski definition) is 0. The Morgan fingerprint density at radius 1 is 1.35 bits per heavy atom. The molecule has 1 atom stereocenters. The van der Waals surface area contributed by atoms with E-state index in [0.717, 1.165) is 11.8 Å². The molecule has 0 aliphatic carbocycles. The number of halogens is 2. The lowest BCUT2D eigenvalue weighted by atomic mass is 10.0. The van der Waals surface area contributed by atoms with Crippen LogP contribution in [0.15, 0.2) is 36.7 Å². The fourth-order valence-corrected chi connectivity index (χ4v) is 1.84. The molecule has 0 radical (unpaired) electrons. The van der Waals surface area contributed by atoms with E-state index < -0.39 is 17.7 Å². The van der Waals surface area contributed by atoms with E-state index in [1.807, 2.05) is 13.0 Å². The smallest absolute Gasteiger partial charge is 0.318 e. The lowest BCUT2D eigenvalue weighted by Gasteiger charge is -2.12. The predicted molar refractivity (Wildman–Crippen MR) is 74.4 cm³/mol. The summed E-state index contributed by atoms with van der Waals surface area (Å²) >= 11 is 5.97. The Morgan fingerprint density at radius 2 is 2.10 bits per heavy atom. The number of nitrogens with zero attached hydrogens (tertiary/aromatic N) is 1. The molecule has 1 aromatic carbocycles. The molecule has 0 saturated heterocycles. The first-order chi connectivity index (χ1) is 9.47. The van der Waals surface area contributed by atoms with Gasteiger partial charge in [-0.15, -0.1) is 0 Å². The Hall–Kier alpha value is -1.94. The summed E-state index contributed by atoms with van der Waals surface area (Å²) in [7, 11) is 0. The maximum absolute atomic E-state index is 13.1. The third-order valence-electron chi connectivity index (χ3n) is 2.88. The Balaban J connectivity index is 2.17. The monoisotopic (exact) mass is 293 g/mol. The van der Waals surface area contributed by atoms with Gasteiger partial charge in [0.05, 0.1) is 17.1 Å². The van der Waals surface area contributed by atoms with Gasteiger partial charge in [0.2, 0.25) is 0 Å². The summed E-state index contributed by atoms with van der Waals surface area (Å²) in [6, 6.07) is 6.42. The van der Waals surface area contributed by atoms with Crippen LogP contribution in [0, 0.1) is 12.7 Å². The van der Waals surface area contributed by atoms with Crippen LogP contribution >= 0.6 is 11.6 Å². The van der Waals surface area contributed by atoms with Crippen LogP contribution in [0.2, 0.25) is 5.02 Å². The van der Waals surface area contributed by atoms with Crippen molar-refractivity contribution in [1.29, 1.82) is 0 Å². The maximum Gasteiger partial charge on any atom is 0.318 e. The zero-order valence-electron chi connectivity index (χ0n) is 11.1. The van der Waals surface area contributed by atoms with Crippen LogP contribution in [0.1, 0.15) is 24.0 Å². The molecule has 104 valence electrons. The average molecular weight is 294 g/mol. The highest BCUT2D eigenvalue weighted by Gasteiger charge is 2.19. The third-order valence-corrected chi connectivity index (χ3v) is 3.19. The van der Waals surface area contributed by atoms with Gasteiger partial charge in [0.1, 0.15) is 11.6 Å². The molecule has 0 spiro atoms. The van der Waals surface area contributed by atoms with E-state index in [-0.39, 0.29) is 0 Å². The number of aryl methyl sites for hydroxylation is 1. The van der Waals surface area contributed by atoms with Crippen LogP contribution in [0.4, 0.5) is 4.39 Å². The van der Waals surface area contributed by atoms with Crippen molar-refractivity contribution in [3.05, 3.63) is 58.6 Å². The first-order valence-electron chi connectivity index (χ1n) is 6.05. The van der Waals surface area contributed by atoms with Crippen molar-refractivity contribution in [3.8, 4) is 5.75 Å². The van der Waals surface area contributed by atoms with Crippen LogP contribution in [0.5, 0.6) is 5.75 Å². The molecule has 5 heteroatoms. The number of ether oxygens (including phenoxy) is 1. The van der Waals surface area contributed by atoms with Crippen molar-refractivity contribution in [2.45, 2.75) is 19.8 Å². The van der Waals surface area contributed by atoms with Crippen molar-refractivity contribution in [1.82, 2.24) is 4.98 Å². The maximum atomic E-state index is 13.1. The Labute approximate surface area is 121 Å². The van der Waals surface area contributed by atoms with Crippen LogP contribution in [0.25, 0.3) is 0 Å². The number of pyridine rings is 1. The highest BCUT2D eigenvalue weighted by molar-refractivity contribution is 6.32. The topological polar surface area (TPSA) is 39.2 Å². The molecule has 1 heterocycles. The number of hydrogen-bond acceptors (Lipinski definition) is 3. The Morgan fingerprint density at radius 3 is 2.80 bits per heavy atom. The number of aromatic nitrogens is 1. The first kappa shape index (κ1) is 14.5. The third kappa shape index (κ3) is 3.33. The molecule has 2 aromatic rings. The number of carbonyl (C=O) groups is 1. The number of esters is 1. The van der Waals surface area contributed by atoms with E-state index in [0.29, 0.717) is 16.3 Å².